The van der Waals surface area contributed by atoms with Gasteiger partial charge in [0.15, 0.2) is 0 Å². The van der Waals surface area contributed by atoms with E-state index in [1.54, 1.807) is 44.5 Å². The molecule has 2 aromatic carbocycles. The van der Waals surface area contributed by atoms with E-state index in [0.29, 0.717) is 12.1 Å². The lowest BCUT2D eigenvalue weighted by atomic mass is 10.2. The van der Waals surface area contributed by atoms with Crippen molar-refractivity contribution in [3.8, 4) is 5.75 Å². The fourth-order valence-corrected chi connectivity index (χ4v) is 4.13. The van der Waals surface area contributed by atoms with Gasteiger partial charge < -0.3 is 10.1 Å². The van der Waals surface area contributed by atoms with E-state index in [0.717, 1.165) is 22.6 Å². The molecule has 6 nitrogen and oxygen atoms in total. The van der Waals surface area contributed by atoms with Crippen molar-refractivity contribution in [2.75, 3.05) is 17.1 Å². The van der Waals surface area contributed by atoms with Crippen LogP contribution in [-0.2, 0) is 16.6 Å². The van der Waals surface area contributed by atoms with Gasteiger partial charge >= 0.3 is 0 Å². The van der Waals surface area contributed by atoms with Crippen molar-refractivity contribution >= 4 is 21.5 Å². The Morgan fingerprint density at radius 2 is 1.82 bits per heavy atom. The van der Waals surface area contributed by atoms with Crippen LogP contribution >= 0.6 is 0 Å². The van der Waals surface area contributed by atoms with E-state index in [9.17, 15) is 8.42 Å². The highest BCUT2D eigenvalue weighted by Gasteiger charge is 2.17. The number of nitrogens with one attached hydrogen (secondary N) is 2. The fourth-order valence-electron chi connectivity index (χ4n) is 2.90. The third-order valence-electron chi connectivity index (χ3n) is 4.30. The maximum absolute atomic E-state index is 12.6. The summed E-state index contributed by atoms with van der Waals surface area (Å²) in [7, 11) is -2.05. The molecule has 0 bridgehead atoms. The minimum Gasteiger partial charge on any atom is -0.496 e. The summed E-state index contributed by atoms with van der Waals surface area (Å²) in [6.45, 7) is 4.27. The summed E-state index contributed by atoms with van der Waals surface area (Å²) >= 11 is 0. The van der Waals surface area contributed by atoms with Gasteiger partial charge in [-0.1, -0.05) is 35.9 Å². The van der Waals surface area contributed by atoms with Gasteiger partial charge in [-0.15, -0.1) is 0 Å². The quantitative estimate of drug-likeness (QED) is 0.627. The minimum absolute atomic E-state index is 0.248. The number of rotatable bonds is 7. The van der Waals surface area contributed by atoms with Crippen molar-refractivity contribution in [2.45, 2.75) is 25.3 Å². The Bertz CT molecular complexity index is 1060. The largest absolute Gasteiger partial charge is 0.496 e. The first-order chi connectivity index (χ1) is 13.4. The van der Waals surface area contributed by atoms with Crippen LogP contribution < -0.4 is 14.8 Å². The fraction of sp³-hybridized carbons (Fsp3) is 0.190. The highest BCUT2D eigenvalue weighted by molar-refractivity contribution is 7.92. The second kappa shape index (κ2) is 8.31. The molecular weight excluding hydrogens is 374 g/mol. The van der Waals surface area contributed by atoms with Crippen LogP contribution in [0.15, 0.2) is 65.7 Å². The molecule has 0 aliphatic heterocycles. The number of pyridine rings is 1. The second-order valence-electron chi connectivity index (χ2n) is 6.47. The summed E-state index contributed by atoms with van der Waals surface area (Å²) < 4.78 is 33.1. The molecule has 7 heteroatoms. The molecule has 0 spiro atoms. The molecule has 0 fully saturated rings. The Balaban J connectivity index is 1.69. The smallest absolute Gasteiger partial charge is 0.263 e. The van der Waals surface area contributed by atoms with Crippen molar-refractivity contribution < 1.29 is 13.2 Å². The number of nitrogens with zero attached hydrogens (tertiary/aromatic N) is 1. The number of benzene rings is 2. The second-order valence-corrected chi connectivity index (χ2v) is 8.12. The van der Waals surface area contributed by atoms with Crippen molar-refractivity contribution in [1.29, 1.82) is 0 Å². The van der Waals surface area contributed by atoms with Gasteiger partial charge in [-0.25, -0.2) is 13.4 Å². The number of hydrogen-bond donors (Lipinski definition) is 2. The van der Waals surface area contributed by atoms with Crippen molar-refractivity contribution in [2.24, 2.45) is 0 Å². The zero-order valence-corrected chi connectivity index (χ0v) is 16.9. The van der Waals surface area contributed by atoms with E-state index >= 15 is 0 Å². The average molecular weight is 398 g/mol. The lowest BCUT2D eigenvalue weighted by molar-refractivity contribution is 0.410. The summed E-state index contributed by atoms with van der Waals surface area (Å²) in [6.07, 6.45) is 1.59. The highest BCUT2D eigenvalue weighted by atomic mass is 32.2. The van der Waals surface area contributed by atoms with Gasteiger partial charge in [0.1, 0.15) is 11.6 Å². The van der Waals surface area contributed by atoms with Gasteiger partial charge in [0, 0.05) is 12.1 Å². The van der Waals surface area contributed by atoms with E-state index in [1.165, 1.54) is 0 Å². The van der Waals surface area contributed by atoms with Crippen LogP contribution in [0.4, 0.5) is 11.5 Å². The number of hydrogen-bond acceptors (Lipinski definition) is 5. The summed E-state index contributed by atoms with van der Waals surface area (Å²) in [4.78, 5) is 4.46. The molecule has 0 aliphatic carbocycles. The average Bonchev–Trinajstić information content (AvgIpc) is 2.67. The van der Waals surface area contributed by atoms with Gasteiger partial charge in [0.05, 0.1) is 23.9 Å². The Morgan fingerprint density at radius 1 is 1.04 bits per heavy atom. The maximum atomic E-state index is 12.6. The molecule has 0 aliphatic rings. The minimum atomic E-state index is -3.69. The molecule has 0 atom stereocenters. The molecule has 0 saturated carbocycles. The number of aryl methyl sites for hydroxylation is 2. The molecule has 0 unspecified atom stereocenters. The number of ether oxygens (including phenoxy) is 1. The predicted octanol–water partition coefficient (Wildman–Crippen LogP) is 4.12. The van der Waals surface area contributed by atoms with Gasteiger partial charge in [0.25, 0.3) is 10.0 Å². The normalized spacial score (nSPS) is 11.1. The van der Waals surface area contributed by atoms with Gasteiger partial charge in [-0.3, -0.25) is 4.72 Å². The van der Waals surface area contributed by atoms with E-state index in [1.807, 2.05) is 37.3 Å². The van der Waals surface area contributed by atoms with E-state index in [-0.39, 0.29) is 10.7 Å². The van der Waals surface area contributed by atoms with Crippen LogP contribution in [0, 0.1) is 13.8 Å². The number of methoxy groups -OCH3 is 1. The first-order valence-electron chi connectivity index (χ1n) is 8.81. The number of sulfonamides is 1. The van der Waals surface area contributed by atoms with Crippen LogP contribution in [0.3, 0.4) is 0 Å². The SMILES string of the molecule is COc1ccccc1CNc1ccc(NS(=O)(=O)c2ccc(C)cc2C)nc1. The third kappa shape index (κ3) is 4.61. The topological polar surface area (TPSA) is 80.3 Å². The van der Waals surface area contributed by atoms with Crippen LogP contribution in [0.5, 0.6) is 5.75 Å². The lowest BCUT2D eigenvalue weighted by Gasteiger charge is -2.12. The first-order valence-corrected chi connectivity index (χ1v) is 10.3. The maximum Gasteiger partial charge on any atom is 0.263 e. The van der Waals surface area contributed by atoms with Crippen molar-refractivity contribution in [1.82, 2.24) is 4.98 Å². The van der Waals surface area contributed by atoms with Crippen LogP contribution in [-0.4, -0.2) is 20.5 Å². The molecule has 146 valence electrons. The standard InChI is InChI=1S/C21H23N3O3S/c1-15-8-10-20(16(2)12-15)28(25,26)24-21-11-9-18(14-23-21)22-13-17-6-4-5-7-19(17)27-3/h4-12,14,22H,13H2,1-3H3,(H,23,24). The summed E-state index contributed by atoms with van der Waals surface area (Å²) in [6, 6.07) is 16.4. The van der Waals surface area contributed by atoms with Gasteiger partial charge in [0.2, 0.25) is 0 Å². The van der Waals surface area contributed by atoms with Gasteiger partial charge in [-0.05, 0) is 43.7 Å². The van der Waals surface area contributed by atoms with Crippen LogP contribution in [0.1, 0.15) is 16.7 Å². The molecule has 1 heterocycles. The number of aromatic nitrogens is 1. The van der Waals surface area contributed by atoms with Crippen molar-refractivity contribution in [3.63, 3.8) is 0 Å². The van der Waals surface area contributed by atoms with Crippen LogP contribution in [0.25, 0.3) is 0 Å². The molecular formula is C21H23N3O3S. The van der Waals surface area contributed by atoms with Crippen molar-refractivity contribution in [3.05, 3.63) is 77.5 Å². The monoisotopic (exact) mass is 397 g/mol. The molecule has 1 aromatic heterocycles. The third-order valence-corrected chi connectivity index (χ3v) is 5.81. The summed E-state index contributed by atoms with van der Waals surface area (Å²) in [5, 5.41) is 3.25. The van der Waals surface area contributed by atoms with E-state index in [4.69, 9.17) is 4.74 Å². The van der Waals surface area contributed by atoms with E-state index in [2.05, 4.69) is 15.0 Å². The number of para-hydroxylation sites is 1. The zero-order chi connectivity index (χ0) is 20.1. The molecule has 0 amide bonds. The molecule has 0 radical (unpaired) electrons. The Labute approximate surface area is 165 Å². The molecule has 2 N–H and O–H groups in total. The first kappa shape index (κ1) is 19.7. The highest BCUT2D eigenvalue weighted by Crippen LogP contribution is 2.21. The summed E-state index contributed by atoms with van der Waals surface area (Å²) in [5.74, 6) is 1.07. The Morgan fingerprint density at radius 3 is 2.50 bits per heavy atom. The Kier molecular flexibility index (Phi) is 5.84. The molecule has 3 rings (SSSR count). The number of anilines is 2. The lowest BCUT2D eigenvalue weighted by Crippen LogP contribution is -2.15. The predicted molar refractivity (Wildman–Crippen MR) is 111 cm³/mol. The van der Waals surface area contributed by atoms with Crippen LogP contribution in [0.2, 0.25) is 0 Å². The zero-order valence-electron chi connectivity index (χ0n) is 16.1. The Hall–Kier alpha value is -3.06. The summed E-state index contributed by atoms with van der Waals surface area (Å²) in [5.41, 5.74) is 3.51. The van der Waals surface area contributed by atoms with E-state index < -0.39 is 10.0 Å². The molecule has 3 aromatic rings. The van der Waals surface area contributed by atoms with Gasteiger partial charge in [-0.2, -0.15) is 0 Å². The molecule has 0 saturated heterocycles. The molecule has 28 heavy (non-hydrogen) atoms.